The highest BCUT2D eigenvalue weighted by molar-refractivity contribution is 5.48. The maximum Gasteiger partial charge on any atom is 0.269 e. The normalized spacial score (nSPS) is 13.6. The van der Waals surface area contributed by atoms with Crippen molar-refractivity contribution in [1.29, 1.82) is 0 Å². The van der Waals surface area contributed by atoms with Crippen LogP contribution in [0.15, 0.2) is 30.6 Å². The van der Waals surface area contributed by atoms with Crippen molar-refractivity contribution in [1.82, 2.24) is 9.97 Å². The Balaban J connectivity index is 1.85. The lowest BCUT2D eigenvalue weighted by Gasteiger charge is -2.29. The summed E-state index contributed by atoms with van der Waals surface area (Å²) in [5, 5.41) is 10.9. The first-order valence-electron chi connectivity index (χ1n) is 7.13. The van der Waals surface area contributed by atoms with Crippen LogP contribution in [0.2, 0.25) is 0 Å². The standard InChI is InChI=1S/C15H16N4O3/c1-2-22-15-8-14(16-10-17-15)18-6-5-11-3-4-13(19(20)21)7-12(11)9-18/h3-4,7-8,10H,2,5-6,9H2,1H3. The second-order valence-corrected chi connectivity index (χ2v) is 5.03. The average molecular weight is 300 g/mol. The van der Waals surface area contributed by atoms with Crippen molar-refractivity contribution in [3.05, 3.63) is 51.8 Å². The van der Waals surface area contributed by atoms with Crippen molar-refractivity contribution in [2.75, 3.05) is 18.1 Å². The minimum absolute atomic E-state index is 0.123. The van der Waals surface area contributed by atoms with Crippen molar-refractivity contribution in [3.63, 3.8) is 0 Å². The van der Waals surface area contributed by atoms with E-state index in [1.165, 1.54) is 6.33 Å². The zero-order chi connectivity index (χ0) is 15.5. The van der Waals surface area contributed by atoms with Crippen LogP contribution in [0.25, 0.3) is 0 Å². The number of anilines is 1. The lowest BCUT2D eigenvalue weighted by atomic mass is 9.99. The van der Waals surface area contributed by atoms with E-state index in [0.717, 1.165) is 29.9 Å². The van der Waals surface area contributed by atoms with Crippen molar-refractivity contribution in [3.8, 4) is 5.88 Å². The van der Waals surface area contributed by atoms with E-state index in [9.17, 15) is 10.1 Å². The highest BCUT2D eigenvalue weighted by atomic mass is 16.6. The molecule has 2 heterocycles. The van der Waals surface area contributed by atoms with Crippen LogP contribution in [-0.2, 0) is 13.0 Å². The number of hydrogen-bond donors (Lipinski definition) is 0. The third-order valence-electron chi connectivity index (χ3n) is 3.66. The molecule has 0 atom stereocenters. The lowest BCUT2D eigenvalue weighted by Crippen LogP contribution is -2.31. The van der Waals surface area contributed by atoms with Crippen LogP contribution in [0.5, 0.6) is 5.88 Å². The number of fused-ring (bicyclic) bond motifs is 1. The highest BCUT2D eigenvalue weighted by Gasteiger charge is 2.20. The molecule has 0 radical (unpaired) electrons. The zero-order valence-corrected chi connectivity index (χ0v) is 12.2. The molecule has 114 valence electrons. The molecule has 0 bridgehead atoms. The largest absolute Gasteiger partial charge is 0.478 e. The Labute approximate surface area is 127 Å². The number of benzene rings is 1. The predicted molar refractivity (Wildman–Crippen MR) is 81.1 cm³/mol. The first kappa shape index (κ1) is 14.2. The van der Waals surface area contributed by atoms with Crippen molar-refractivity contribution >= 4 is 11.5 Å². The van der Waals surface area contributed by atoms with Crippen LogP contribution in [0.1, 0.15) is 18.1 Å². The summed E-state index contributed by atoms with van der Waals surface area (Å²) in [7, 11) is 0. The summed E-state index contributed by atoms with van der Waals surface area (Å²) < 4.78 is 5.39. The molecule has 0 saturated carbocycles. The molecule has 1 aliphatic heterocycles. The van der Waals surface area contributed by atoms with E-state index < -0.39 is 0 Å². The maximum atomic E-state index is 10.9. The molecule has 1 aromatic heterocycles. The number of non-ortho nitro benzene ring substituents is 1. The molecule has 0 amide bonds. The first-order chi connectivity index (χ1) is 10.7. The predicted octanol–water partition coefficient (Wildman–Crippen LogP) is 2.35. The Hall–Kier alpha value is -2.70. The minimum Gasteiger partial charge on any atom is -0.478 e. The second kappa shape index (κ2) is 5.97. The second-order valence-electron chi connectivity index (χ2n) is 5.03. The van der Waals surface area contributed by atoms with Gasteiger partial charge in [-0.05, 0) is 24.5 Å². The molecule has 0 fully saturated rings. The molecule has 0 N–H and O–H groups in total. The van der Waals surface area contributed by atoms with Gasteiger partial charge in [-0.2, -0.15) is 0 Å². The van der Waals surface area contributed by atoms with E-state index in [1.807, 2.05) is 13.0 Å². The summed E-state index contributed by atoms with van der Waals surface area (Å²) in [6.45, 7) is 3.86. The fraction of sp³-hybridized carbons (Fsp3) is 0.333. The van der Waals surface area contributed by atoms with Crippen LogP contribution in [0, 0.1) is 10.1 Å². The van der Waals surface area contributed by atoms with Gasteiger partial charge < -0.3 is 9.64 Å². The number of nitro benzene ring substituents is 1. The van der Waals surface area contributed by atoms with Crippen molar-refractivity contribution in [2.45, 2.75) is 19.9 Å². The van der Waals surface area contributed by atoms with Gasteiger partial charge in [0.2, 0.25) is 5.88 Å². The molecule has 1 aliphatic rings. The van der Waals surface area contributed by atoms with Gasteiger partial charge >= 0.3 is 0 Å². The molecule has 22 heavy (non-hydrogen) atoms. The number of hydrogen-bond acceptors (Lipinski definition) is 6. The number of aromatic nitrogens is 2. The monoisotopic (exact) mass is 300 g/mol. The van der Waals surface area contributed by atoms with E-state index in [1.54, 1.807) is 18.2 Å². The highest BCUT2D eigenvalue weighted by Crippen LogP contribution is 2.27. The van der Waals surface area contributed by atoms with Gasteiger partial charge in [0.05, 0.1) is 11.5 Å². The Bertz CT molecular complexity index is 705. The summed E-state index contributed by atoms with van der Waals surface area (Å²) in [6, 6.07) is 6.85. The van der Waals surface area contributed by atoms with E-state index in [4.69, 9.17) is 4.74 Å². The third-order valence-corrected chi connectivity index (χ3v) is 3.66. The van der Waals surface area contributed by atoms with Crippen LogP contribution in [0.4, 0.5) is 11.5 Å². The van der Waals surface area contributed by atoms with E-state index in [0.29, 0.717) is 19.0 Å². The van der Waals surface area contributed by atoms with Crippen molar-refractivity contribution in [2.24, 2.45) is 0 Å². The average Bonchev–Trinajstić information content (AvgIpc) is 2.54. The summed E-state index contributed by atoms with van der Waals surface area (Å²) in [6.07, 6.45) is 2.31. The van der Waals surface area contributed by atoms with Crippen LogP contribution >= 0.6 is 0 Å². The van der Waals surface area contributed by atoms with E-state index >= 15 is 0 Å². The maximum absolute atomic E-state index is 10.9. The summed E-state index contributed by atoms with van der Waals surface area (Å²) in [4.78, 5) is 21.0. The SMILES string of the molecule is CCOc1cc(N2CCc3ccc([N+](=O)[O-])cc3C2)ncn1. The molecule has 3 rings (SSSR count). The van der Waals surface area contributed by atoms with E-state index in [-0.39, 0.29) is 10.6 Å². The molecule has 2 aromatic rings. The molecular formula is C15H16N4O3. The number of ether oxygens (including phenoxy) is 1. The number of nitro groups is 1. The lowest BCUT2D eigenvalue weighted by molar-refractivity contribution is -0.384. The van der Waals surface area contributed by atoms with Gasteiger partial charge in [-0.1, -0.05) is 6.07 Å². The molecule has 7 heteroatoms. The summed E-state index contributed by atoms with van der Waals surface area (Å²) in [5.74, 6) is 1.31. The van der Waals surface area contributed by atoms with Gasteiger partial charge in [-0.15, -0.1) is 0 Å². The first-order valence-corrected chi connectivity index (χ1v) is 7.13. The minimum atomic E-state index is -0.364. The molecule has 7 nitrogen and oxygen atoms in total. The Morgan fingerprint density at radius 3 is 2.95 bits per heavy atom. The fourth-order valence-electron chi connectivity index (χ4n) is 2.58. The van der Waals surface area contributed by atoms with Gasteiger partial charge in [0.15, 0.2) is 0 Å². The summed E-state index contributed by atoms with van der Waals surface area (Å²) in [5.41, 5.74) is 2.25. The molecule has 0 unspecified atom stereocenters. The van der Waals surface area contributed by atoms with Crippen molar-refractivity contribution < 1.29 is 9.66 Å². The van der Waals surface area contributed by atoms with Crippen LogP contribution in [0.3, 0.4) is 0 Å². The topological polar surface area (TPSA) is 81.4 Å². The Kier molecular flexibility index (Phi) is 3.86. The van der Waals surface area contributed by atoms with Gasteiger partial charge in [0.1, 0.15) is 12.1 Å². The van der Waals surface area contributed by atoms with Crippen LogP contribution < -0.4 is 9.64 Å². The molecule has 1 aromatic carbocycles. The quantitative estimate of drug-likeness (QED) is 0.637. The van der Waals surface area contributed by atoms with Gasteiger partial charge in [0.25, 0.3) is 5.69 Å². The van der Waals surface area contributed by atoms with Gasteiger partial charge in [0, 0.05) is 31.3 Å². The Morgan fingerprint density at radius 2 is 2.18 bits per heavy atom. The smallest absolute Gasteiger partial charge is 0.269 e. The van der Waals surface area contributed by atoms with E-state index in [2.05, 4.69) is 14.9 Å². The van der Waals surface area contributed by atoms with Gasteiger partial charge in [-0.3, -0.25) is 10.1 Å². The molecule has 0 saturated heterocycles. The molecule has 0 aliphatic carbocycles. The Morgan fingerprint density at radius 1 is 1.32 bits per heavy atom. The summed E-state index contributed by atoms with van der Waals surface area (Å²) >= 11 is 0. The zero-order valence-electron chi connectivity index (χ0n) is 12.2. The molecular weight excluding hydrogens is 284 g/mol. The third kappa shape index (κ3) is 2.83. The van der Waals surface area contributed by atoms with Gasteiger partial charge in [-0.25, -0.2) is 9.97 Å². The fourth-order valence-corrected chi connectivity index (χ4v) is 2.58. The molecule has 0 spiro atoms. The van der Waals surface area contributed by atoms with Crippen LogP contribution in [-0.4, -0.2) is 28.0 Å². The number of nitrogens with zero attached hydrogens (tertiary/aromatic N) is 4. The number of rotatable bonds is 4.